The van der Waals surface area contributed by atoms with Crippen LogP contribution >= 0.6 is 0 Å². The number of carboxylic acid groups (broad SMARTS) is 1. The van der Waals surface area contributed by atoms with Crippen molar-refractivity contribution < 1.29 is 9.90 Å². The highest BCUT2D eigenvalue weighted by atomic mass is 16.4. The van der Waals surface area contributed by atoms with E-state index in [1.165, 1.54) is 0 Å². The number of rotatable bonds is 7. The molecule has 0 spiro atoms. The van der Waals surface area contributed by atoms with Crippen LogP contribution in [0.3, 0.4) is 0 Å². The maximum absolute atomic E-state index is 11.4. The highest BCUT2D eigenvalue weighted by Gasteiger charge is 2.37. The van der Waals surface area contributed by atoms with Gasteiger partial charge in [0.05, 0.1) is 5.41 Å². The Morgan fingerprint density at radius 3 is 2.04 bits per heavy atom. The average molecular weight is 372 g/mol. The second kappa shape index (κ2) is 7.48. The number of nitrogen functional groups attached to an aromatic ring is 2. The van der Waals surface area contributed by atoms with Crippen molar-refractivity contribution in [2.24, 2.45) is 16.6 Å². The lowest BCUT2D eigenvalue weighted by Gasteiger charge is -2.37. The molecule has 7 N–H and O–H groups in total. The molecule has 2 aromatic rings. The summed E-state index contributed by atoms with van der Waals surface area (Å²) in [4.78, 5) is 23.4. The number of aromatic nitrogens is 3. The number of aliphatic carboxylic acids is 1. The van der Waals surface area contributed by atoms with Gasteiger partial charge in [-0.25, -0.2) is 0 Å². The zero-order valence-electron chi connectivity index (χ0n) is 16.2. The molecular formula is C19H28N6O2. The Bertz CT molecular complexity index is 797. The Hall–Kier alpha value is -2.74. The second-order valence-electron chi connectivity index (χ2n) is 8.24. The average Bonchev–Trinajstić information content (AvgIpc) is 2.53. The van der Waals surface area contributed by atoms with Crippen LogP contribution in [-0.2, 0) is 11.2 Å². The molecule has 8 heteroatoms. The molecule has 146 valence electrons. The highest BCUT2D eigenvalue weighted by molar-refractivity contribution is 5.73. The van der Waals surface area contributed by atoms with Gasteiger partial charge in [0.25, 0.3) is 0 Å². The van der Waals surface area contributed by atoms with E-state index in [0.29, 0.717) is 18.7 Å². The zero-order chi connectivity index (χ0) is 20.4. The second-order valence-corrected chi connectivity index (χ2v) is 8.24. The van der Waals surface area contributed by atoms with E-state index in [-0.39, 0.29) is 23.4 Å². The quantitative estimate of drug-likeness (QED) is 0.576. The fraction of sp³-hybridized carbons (Fsp3) is 0.474. The van der Waals surface area contributed by atoms with Gasteiger partial charge in [-0.2, -0.15) is 15.0 Å². The summed E-state index contributed by atoms with van der Waals surface area (Å²) in [5.41, 5.74) is 18.3. The van der Waals surface area contributed by atoms with E-state index in [1.54, 1.807) is 13.8 Å². The number of carbonyl (C=O) groups is 1. The molecule has 0 saturated carbocycles. The molecule has 0 saturated heterocycles. The van der Waals surface area contributed by atoms with Gasteiger partial charge in [-0.1, -0.05) is 38.1 Å². The lowest BCUT2D eigenvalue weighted by Crippen LogP contribution is -2.43. The van der Waals surface area contributed by atoms with Crippen molar-refractivity contribution in [3.05, 3.63) is 29.8 Å². The molecule has 1 aromatic carbocycles. The topological polar surface area (TPSA) is 154 Å². The van der Waals surface area contributed by atoms with Crippen molar-refractivity contribution in [2.45, 2.75) is 46.6 Å². The van der Waals surface area contributed by atoms with E-state index >= 15 is 0 Å². The first-order valence-corrected chi connectivity index (χ1v) is 8.76. The normalized spacial score (nSPS) is 13.4. The van der Waals surface area contributed by atoms with Crippen molar-refractivity contribution >= 4 is 17.9 Å². The van der Waals surface area contributed by atoms with Crippen molar-refractivity contribution in [1.82, 2.24) is 15.0 Å². The molecule has 0 bridgehead atoms. The zero-order valence-corrected chi connectivity index (χ0v) is 16.2. The minimum absolute atomic E-state index is 0.0754. The van der Waals surface area contributed by atoms with Crippen LogP contribution in [-0.4, -0.2) is 32.1 Å². The van der Waals surface area contributed by atoms with Crippen molar-refractivity contribution in [3.63, 3.8) is 0 Å². The summed E-state index contributed by atoms with van der Waals surface area (Å²) in [7, 11) is 0. The van der Waals surface area contributed by atoms with Crippen LogP contribution in [0, 0.1) is 10.8 Å². The van der Waals surface area contributed by atoms with Crippen LogP contribution in [0.4, 0.5) is 11.9 Å². The molecule has 2 rings (SSSR count). The van der Waals surface area contributed by atoms with Crippen LogP contribution in [0.5, 0.6) is 0 Å². The molecule has 1 unspecified atom stereocenters. The first kappa shape index (κ1) is 20.6. The minimum atomic E-state index is -0.830. The van der Waals surface area contributed by atoms with E-state index in [4.69, 9.17) is 17.2 Å². The van der Waals surface area contributed by atoms with E-state index in [1.807, 2.05) is 38.1 Å². The number of hydrogen-bond acceptors (Lipinski definition) is 7. The first-order valence-electron chi connectivity index (χ1n) is 8.76. The summed E-state index contributed by atoms with van der Waals surface area (Å²) < 4.78 is 0. The van der Waals surface area contributed by atoms with E-state index in [0.717, 1.165) is 11.1 Å². The first-order chi connectivity index (χ1) is 12.4. The van der Waals surface area contributed by atoms with Crippen molar-refractivity contribution in [1.29, 1.82) is 0 Å². The van der Waals surface area contributed by atoms with E-state index in [2.05, 4.69) is 15.0 Å². The van der Waals surface area contributed by atoms with Crippen LogP contribution in [0.2, 0.25) is 0 Å². The molecular weight excluding hydrogens is 344 g/mol. The van der Waals surface area contributed by atoms with Gasteiger partial charge in [-0.05, 0) is 37.7 Å². The predicted octanol–water partition coefficient (Wildman–Crippen LogP) is 2.10. The van der Waals surface area contributed by atoms with E-state index < -0.39 is 11.4 Å². The Morgan fingerprint density at radius 1 is 1.04 bits per heavy atom. The van der Waals surface area contributed by atoms with Gasteiger partial charge in [0.1, 0.15) is 0 Å². The monoisotopic (exact) mass is 372 g/mol. The standard InChI is InChI=1S/C19H28N6O2/c1-18(2,10-19(3,4)15(26)27)13(20)9-11-5-7-12(8-6-11)14-23-16(21)25-17(22)24-14/h5-8,13H,9-10,20H2,1-4H3,(H,26,27)(H4,21,22,23,24,25). The smallest absolute Gasteiger partial charge is 0.309 e. The number of benzene rings is 1. The van der Waals surface area contributed by atoms with Crippen molar-refractivity contribution in [3.8, 4) is 11.4 Å². The summed E-state index contributed by atoms with van der Waals surface area (Å²) >= 11 is 0. The molecule has 0 fully saturated rings. The van der Waals surface area contributed by atoms with E-state index in [9.17, 15) is 9.90 Å². The third kappa shape index (κ3) is 5.13. The van der Waals surface area contributed by atoms with Crippen LogP contribution in [0.1, 0.15) is 39.7 Å². The molecule has 1 atom stereocenters. The number of nitrogens with zero attached hydrogens (tertiary/aromatic N) is 3. The molecule has 0 amide bonds. The molecule has 8 nitrogen and oxygen atoms in total. The van der Waals surface area contributed by atoms with Gasteiger partial charge in [-0.3, -0.25) is 4.79 Å². The molecule has 1 heterocycles. The van der Waals surface area contributed by atoms with Crippen LogP contribution in [0.25, 0.3) is 11.4 Å². The van der Waals surface area contributed by atoms with Gasteiger partial charge in [0.15, 0.2) is 5.82 Å². The van der Waals surface area contributed by atoms with Crippen LogP contribution < -0.4 is 17.2 Å². The third-order valence-corrected chi connectivity index (χ3v) is 4.82. The molecule has 0 aliphatic rings. The maximum atomic E-state index is 11.4. The summed E-state index contributed by atoms with van der Waals surface area (Å²) in [5, 5.41) is 9.38. The maximum Gasteiger partial charge on any atom is 0.309 e. The number of anilines is 2. The molecule has 1 aromatic heterocycles. The SMILES string of the molecule is CC(C)(CC(C)(C)C(N)Cc1ccc(-c2nc(N)nc(N)n2)cc1)C(=O)O. The fourth-order valence-corrected chi connectivity index (χ4v) is 3.20. The van der Waals surface area contributed by atoms with Crippen molar-refractivity contribution in [2.75, 3.05) is 11.5 Å². The Balaban J connectivity index is 2.12. The molecule has 27 heavy (non-hydrogen) atoms. The predicted molar refractivity (Wildman–Crippen MR) is 106 cm³/mol. The van der Waals surface area contributed by atoms with Crippen LogP contribution in [0.15, 0.2) is 24.3 Å². The lowest BCUT2D eigenvalue weighted by atomic mass is 9.70. The van der Waals surface area contributed by atoms with Gasteiger partial charge in [0.2, 0.25) is 11.9 Å². The minimum Gasteiger partial charge on any atom is -0.481 e. The summed E-state index contributed by atoms with van der Waals surface area (Å²) in [6, 6.07) is 7.47. The number of nitrogens with two attached hydrogens (primary N) is 3. The van der Waals surface area contributed by atoms with Gasteiger partial charge < -0.3 is 22.3 Å². The number of hydrogen-bond donors (Lipinski definition) is 4. The summed E-state index contributed by atoms with van der Waals surface area (Å²) in [6.07, 6.45) is 1.11. The molecule has 0 aliphatic carbocycles. The molecule has 0 radical (unpaired) electrons. The summed E-state index contributed by atoms with van der Waals surface area (Å²) in [6.45, 7) is 7.47. The number of carboxylic acids is 1. The molecule has 0 aliphatic heterocycles. The Kier molecular flexibility index (Phi) is 5.70. The van der Waals surface area contributed by atoms with Gasteiger partial charge >= 0.3 is 5.97 Å². The lowest BCUT2D eigenvalue weighted by molar-refractivity contribution is -0.148. The Labute approximate surface area is 159 Å². The Morgan fingerprint density at radius 2 is 1.56 bits per heavy atom. The highest BCUT2D eigenvalue weighted by Crippen LogP contribution is 2.36. The van der Waals surface area contributed by atoms with Gasteiger partial charge in [0, 0.05) is 11.6 Å². The largest absolute Gasteiger partial charge is 0.481 e. The third-order valence-electron chi connectivity index (χ3n) is 4.82. The van der Waals surface area contributed by atoms with Gasteiger partial charge in [-0.15, -0.1) is 0 Å². The fourth-order valence-electron chi connectivity index (χ4n) is 3.20. The summed E-state index contributed by atoms with van der Waals surface area (Å²) in [5.74, 6) is -0.250.